The summed E-state index contributed by atoms with van der Waals surface area (Å²) in [6.45, 7) is 2.87. The summed E-state index contributed by atoms with van der Waals surface area (Å²) in [6.07, 6.45) is -3.22. The molecule has 0 aromatic heterocycles. The quantitative estimate of drug-likeness (QED) is 0.366. The molecule has 0 saturated carbocycles. The van der Waals surface area contributed by atoms with Gasteiger partial charge in [0.25, 0.3) is 0 Å². The van der Waals surface area contributed by atoms with Crippen molar-refractivity contribution in [1.29, 1.82) is 0 Å². The molecule has 140 valence electrons. The molecule has 0 fully saturated rings. The summed E-state index contributed by atoms with van der Waals surface area (Å²) in [6, 6.07) is 15.6. The van der Waals surface area contributed by atoms with Gasteiger partial charge in [0.15, 0.2) is 23.6 Å². The van der Waals surface area contributed by atoms with Crippen LogP contribution in [-0.2, 0) is 0 Å². The Morgan fingerprint density at radius 1 is 1.08 bits per heavy atom. The van der Waals surface area contributed by atoms with Gasteiger partial charge in [-0.1, -0.05) is 42.5 Å². The lowest BCUT2D eigenvalue weighted by molar-refractivity contribution is 0.0637. The zero-order chi connectivity index (χ0) is 18.8. The van der Waals surface area contributed by atoms with Crippen LogP contribution in [0.5, 0.6) is 11.5 Å². The summed E-state index contributed by atoms with van der Waals surface area (Å²) < 4.78 is 25.0. The van der Waals surface area contributed by atoms with Gasteiger partial charge in [-0.05, 0) is 19.1 Å². The number of para-hydroxylation sites is 2. The van der Waals surface area contributed by atoms with Crippen molar-refractivity contribution in [3.8, 4) is 11.5 Å². The highest BCUT2D eigenvalue weighted by atomic mass is 19.1. The number of benzene rings is 2. The van der Waals surface area contributed by atoms with E-state index in [9.17, 15) is 14.3 Å². The van der Waals surface area contributed by atoms with Gasteiger partial charge in [0.05, 0.1) is 6.61 Å². The van der Waals surface area contributed by atoms with Crippen LogP contribution in [0.15, 0.2) is 54.6 Å². The van der Waals surface area contributed by atoms with Gasteiger partial charge >= 0.3 is 0 Å². The number of hydrogen-bond acceptors (Lipinski definition) is 5. The maximum atomic E-state index is 14.0. The van der Waals surface area contributed by atoms with Crippen LogP contribution < -0.4 is 14.8 Å². The highest BCUT2D eigenvalue weighted by molar-refractivity contribution is 5.99. The molecular formula is C20H24FNO4. The molecule has 5 nitrogen and oxygen atoms in total. The maximum absolute atomic E-state index is 14.0. The molecule has 0 heterocycles. The Bertz CT molecular complexity index is 681. The van der Waals surface area contributed by atoms with E-state index < -0.39 is 18.2 Å². The Balaban J connectivity index is 1.72. The lowest BCUT2D eigenvalue weighted by atomic mass is 10.0. The van der Waals surface area contributed by atoms with Crippen molar-refractivity contribution in [3.05, 3.63) is 60.2 Å². The third-order valence-electron chi connectivity index (χ3n) is 3.67. The molecule has 0 aliphatic rings. The molecule has 2 unspecified atom stereocenters. The third kappa shape index (κ3) is 6.13. The van der Waals surface area contributed by atoms with Gasteiger partial charge in [-0.3, -0.25) is 10.1 Å². The number of rotatable bonds is 11. The predicted molar refractivity (Wildman–Crippen MR) is 97.4 cm³/mol. The molecule has 2 rings (SSSR count). The summed E-state index contributed by atoms with van der Waals surface area (Å²) >= 11 is 0. The highest BCUT2D eigenvalue weighted by Crippen LogP contribution is 2.26. The first kappa shape index (κ1) is 19.9. The minimum atomic E-state index is -1.51. The van der Waals surface area contributed by atoms with Crippen molar-refractivity contribution in [2.24, 2.45) is 0 Å². The average Bonchev–Trinajstić information content (AvgIpc) is 2.66. The fourth-order valence-electron chi connectivity index (χ4n) is 2.40. The summed E-state index contributed by atoms with van der Waals surface area (Å²) in [4.78, 5) is 12.0. The second-order valence-corrected chi connectivity index (χ2v) is 5.63. The van der Waals surface area contributed by atoms with Gasteiger partial charge in [-0.25, -0.2) is 4.39 Å². The number of nitrogens with one attached hydrogen (secondary N) is 1. The van der Waals surface area contributed by atoms with E-state index in [1.165, 1.54) is 0 Å². The molecule has 0 amide bonds. The minimum Gasteiger partial charge on any atom is -0.490 e. The van der Waals surface area contributed by atoms with Gasteiger partial charge < -0.3 is 14.6 Å². The molecular weight excluding hydrogens is 337 g/mol. The van der Waals surface area contributed by atoms with Crippen LogP contribution in [0, 0.1) is 0 Å². The molecule has 0 spiro atoms. The van der Waals surface area contributed by atoms with Crippen molar-refractivity contribution in [2.45, 2.75) is 25.7 Å². The number of halogens is 1. The first-order valence-electron chi connectivity index (χ1n) is 8.61. The molecule has 0 aliphatic carbocycles. The van der Waals surface area contributed by atoms with E-state index in [2.05, 4.69) is 5.32 Å². The number of carbonyl (C=O) groups is 1. The fraction of sp³-hybridized carbons (Fsp3) is 0.350. The fourth-order valence-corrected chi connectivity index (χ4v) is 2.40. The van der Waals surface area contributed by atoms with Crippen molar-refractivity contribution < 1.29 is 23.8 Å². The van der Waals surface area contributed by atoms with E-state index in [4.69, 9.17) is 9.47 Å². The zero-order valence-corrected chi connectivity index (χ0v) is 14.7. The van der Waals surface area contributed by atoms with Gasteiger partial charge in [0.2, 0.25) is 0 Å². The van der Waals surface area contributed by atoms with E-state index in [1.54, 1.807) is 42.5 Å². The smallest absolute Gasteiger partial charge is 0.191 e. The van der Waals surface area contributed by atoms with Gasteiger partial charge in [0.1, 0.15) is 12.7 Å². The van der Waals surface area contributed by atoms with Crippen LogP contribution in [0.1, 0.15) is 23.7 Å². The molecule has 2 aromatic rings. The van der Waals surface area contributed by atoms with Crippen molar-refractivity contribution >= 4 is 5.78 Å². The predicted octanol–water partition coefficient (Wildman–Crippen LogP) is 2.98. The van der Waals surface area contributed by atoms with E-state index in [0.717, 1.165) is 0 Å². The molecule has 0 radical (unpaired) electrons. The second kappa shape index (κ2) is 10.5. The summed E-state index contributed by atoms with van der Waals surface area (Å²) in [5.41, 5.74) is 0.364. The van der Waals surface area contributed by atoms with Crippen LogP contribution in [0.2, 0.25) is 0 Å². The molecule has 0 saturated heterocycles. The number of aliphatic hydroxyl groups excluding tert-OH is 1. The Morgan fingerprint density at radius 2 is 1.69 bits per heavy atom. The third-order valence-corrected chi connectivity index (χ3v) is 3.67. The number of carbonyl (C=O) groups excluding carboxylic acids is 1. The first-order chi connectivity index (χ1) is 12.6. The Morgan fingerprint density at radius 3 is 2.35 bits per heavy atom. The molecule has 0 bridgehead atoms. The monoisotopic (exact) mass is 361 g/mol. The van der Waals surface area contributed by atoms with E-state index in [1.807, 2.05) is 19.1 Å². The molecule has 6 heteroatoms. The number of ether oxygens (including phenoxy) is 2. The molecule has 2 aromatic carbocycles. The minimum absolute atomic E-state index is 0.229. The standard InChI is InChI=1S/C20H24FNO4/c1-2-25-17-10-6-7-11-18(17)26-13-12-22-19(21)14-16(23)20(24)15-8-4-3-5-9-15/h3-11,16,19,22-23H,2,12-14H2,1H3. The van der Waals surface area contributed by atoms with Crippen LogP contribution in [0.3, 0.4) is 0 Å². The molecule has 26 heavy (non-hydrogen) atoms. The molecule has 0 aliphatic heterocycles. The zero-order valence-electron chi connectivity index (χ0n) is 14.7. The maximum Gasteiger partial charge on any atom is 0.191 e. The topological polar surface area (TPSA) is 67.8 Å². The SMILES string of the molecule is CCOc1ccccc1OCCNC(F)CC(O)C(=O)c1ccccc1. The Kier molecular flexibility index (Phi) is 8.05. The van der Waals surface area contributed by atoms with Crippen molar-refractivity contribution in [1.82, 2.24) is 5.32 Å². The number of aliphatic hydroxyl groups is 1. The molecule has 2 atom stereocenters. The van der Waals surface area contributed by atoms with E-state index in [-0.39, 0.29) is 19.6 Å². The van der Waals surface area contributed by atoms with Crippen LogP contribution >= 0.6 is 0 Å². The lowest BCUT2D eigenvalue weighted by Gasteiger charge is -2.15. The van der Waals surface area contributed by atoms with Crippen molar-refractivity contribution in [3.63, 3.8) is 0 Å². The van der Waals surface area contributed by atoms with E-state index in [0.29, 0.717) is 23.7 Å². The molecule has 2 N–H and O–H groups in total. The number of ketones is 1. The number of alkyl halides is 1. The Labute approximate surface area is 152 Å². The Hall–Kier alpha value is -2.44. The van der Waals surface area contributed by atoms with Gasteiger partial charge in [-0.15, -0.1) is 0 Å². The lowest BCUT2D eigenvalue weighted by Crippen LogP contribution is -2.34. The van der Waals surface area contributed by atoms with E-state index >= 15 is 0 Å². The van der Waals surface area contributed by atoms with Crippen LogP contribution in [-0.4, -0.2) is 43.0 Å². The van der Waals surface area contributed by atoms with Gasteiger partial charge in [-0.2, -0.15) is 0 Å². The number of hydrogen-bond donors (Lipinski definition) is 2. The summed E-state index contributed by atoms with van der Waals surface area (Å²) in [5, 5.41) is 12.5. The first-order valence-corrected chi connectivity index (χ1v) is 8.61. The average molecular weight is 361 g/mol. The van der Waals surface area contributed by atoms with Crippen LogP contribution in [0.25, 0.3) is 0 Å². The second-order valence-electron chi connectivity index (χ2n) is 5.63. The number of Topliss-reactive ketones (excluding diaryl/α,β-unsaturated/α-hetero) is 1. The van der Waals surface area contributed by atoms with Crippen molar-refractivity contribution in [2.75, 3.05) is 19.8 Å². The van der Waals surface area contributed by atoms with Gasteiger partial charge in [0, 0.05) is 18.5 Å². The summed E-state index contributed by atoms with van der Waals surface area (Å²) in [7, 11) is 0. The normalized spacial score (nSPS) is 13.0. The highest BCUT2D eigenvalue weighted by Gasteiger charge is 2.21. The largest absolute Gasteiger partial charge is 0.490 e. The summed E-state index contributed by atoms with van der Waals surface area (Å²) in [5.74, 6) is 0.735. The van der Waals surface area contributed by atoms with Crippen LogP contribution in [0.4, 0.5) is 4.39 Å².